The van der Waals surface area contributed by atoms with E-state index in [2.05, 4.69) is 19.0 Å². The molecule has 2 N–H and O–H groups in total. The minimum atomic E-state index is -0.867. The van der Waals surface area contributed by atoms with Crippen molar-refractivity contribution in [2.45, 2.75) is 83.3 Å². The van der Waals surface area contributed by atoms with Gasteiger partial charge in [0.05, 0.1) is 24.8 Å². The van der Waals surface area contributed by atoms with Crippen LogP contribution in [-0.2, 0) is 16.1 Å². The Morgan fingerprint density at radius 1 is 1.23 bits per heavy atom. The van der Waals surface area contributed by atoms with Crippen molar-refractivity contribution in [2.75, 3.05) is 6.61 Å². The highest BCUT2D eigenvalue weighted by Crippen LogP contribution is 2.44. The van der Waals surface area contributed by atoms with Crippen LogP contribution in [0.1, 0.15) is 99.3 Å². The van der Waals surface area contributed by atoms with Gasteiger partial charge in [0.25, 0.3) is 0 Å². The van der Waals surface area contributed by atoms with Crippen LogP contribution in [-0.4, -0.2) is 27.9 Å². The Kier molecular flexibility index (Phi) is 8.67. The van der Waals surface area contributed by atoms with Crippen LogP contribution in [0, 0.1) is 5.92 Å². The maximum absolute atomic E-state index is 11.5. The SMILES string of the molecule is CC(C)CCC1CCC(O)c2c(C(CCCOCc3ccccc3)CC(=O)O)noc21. The highest BCUT2D eigenvalue weighted by Gasteiger charge is 2.36. The van der Waals surface area contributed by atoms with Crippen molar-refractivity contribution in [3.05, 3.63) is 52.9 Å². The second-order valence-corrected chi connectivity index (χ2v) is 9.08. The lowest BCUT2D eigenvalue weighted by Gasteiger charge is -2.26. The summed E-state index contributed by atoms with van der Waals surface area (Å²) in [5.74, 6) is 0.470. The maximum Gasteiger partial charge on any atom is 0.304 e. The van der Waals surface area contributed by atoms with E-state index in [1.807, 2.05) is 30.3 Å². The third kappa shape index (κ3) is 6.65. The molecule has 3 rings (SSSR count). The average molecular weight is 430 g/mol. The van der Waals surface area contributed by atoms with Crippen LogP contribution >= 0.6 is 0 Å². The van der Waals surface area contributed by atoms with E-state index in [9.17, 15) is 15.0 Å². The van der Waals surface area contributed by atoms with Gasteiger partial charge < -0.3 is 19.5 Å². The average Bonchev–Trinajstić information content (AvgIpc) is 3.19. The van der Waals surface area contributed by atoms with Crippen LogP contribution < -0.4 is 0 Å². The first kappa shape index (κ1) is 23.5. The van der Waals surface area contributed by atoms with E-state index >= 15 is 0 Å². The number of rotatable bonds is 12. The van der Waals surface area contributed by atoms with Crippen molar-refractivity contribution in [1.29, 1.82) is 0 Å². The van der Waals surface area contributed by atoms with Crippen molar-refractivity contribution < 1.29 is 24.3 Å². The molecule has 170 valence electrons. The summed E-state index contributed by atoms with van der Waals surface area (Å²) in [6.07, 6.45) is 4.34. The van der Waals surface area contributed by atoms with Crippen molar-refractivity contribution >= 4 is 5.97 Å². The molecule has 6 heteroatoms. The number of carbonyl (C=O) groups is 1. The Labute approximate surface area is 184 Å². The molecule has 0 saturated carbocycles. The molecule has 31 heavy (non-hydrogen) atoms. The van der Waals surface area contributed by atoms with Gasteiger partial charge in [-0.1, -0.05) is 55.8 Å². The zero-order valence-corrected chi connectivity index (χ0v) is 18.6. The number of aliphatic hydroxyl groups excluding tert-OH is 1. The van der Waals surface area contributed by atoms with Crippen molar-refractivity contribution in [2.24, 2.45) is 5.92 Å². The van der Waals surface area contributed by atoms with Gasteiger partial charge in [0.1, 0.15) is 5.76 Å². The first-order valence-corrected chi connectivity index (χ1v) is 11.5. The lowest BCUT2D eigenvalue weighted by molar-refractivity contribution is -0.137. The van der Waals surface area contributed by atoms with E-state index < -0.39 is 12.1 Å². The van der Waals surface area contributed by atoms with Gasteiger partial charge in [-0.3, -0.25) is 4.79 Å². The Morgan fingerprint density at radius 2 is 2.00 bits per heavy atom. The fraction of sp³-hybridized carbons (Fsp3) is 0.600. The number of ether oxygens (including phenoxy) is 1. The monoisotopic (exact) mass is 429 g/mol. The van der Waals surface area contributed by atoms with Crippen LogP contribution in [0.25, 0.3) is 0 Å². The van der Waals surface area contributed by atoms with Gasteiger partial charge >= 0.3 is 5.97 Å². The number of hydrogen-bond donors (Lipinski definition) is 2. The molecular formula is C25H35NO5. The second kappa shape index (κ2) is 11.4. The van der Waals surface area contributed by atoms with Gasteiger partial charge in [-0.25, -0.2) is 0 Å². The molecule has 0 saturated heterocycles. The summed E-state index contributed by atoms with van der Waals surface area (Å²) in [6, 6.07) is 9.97. The standard InChI is InChI=1S/C25H35NO5/c1-17(2)10-11-19-12-13-21(27)23-24(26-31-25(19)23)20(15-22(28)29)9-6-14-30-16-18-7-4-3-5-8-18/h3-5,7-8,17,19-21,27H,6,9-16H2,1-2H3,(H,28,29). The topological polar surface area (TPSA) is 92.8 Å². The summed E-state index contributed by atoms with van der Waals surface area (Å²) in [7, 11) is 0. The number of fused-ring (bicyclic) bond motifs is 1. The summed E-state index contributed by atoms with van der Waals surface area (Å²) in [4.78, 5) is 11.5. The van der Waals surface area contributed by atoms with Gasteiger partial charge in [0.2, 0.25) is 0 Å². The van der Waals surface area contributed by atoms with E-state index in [4.69, 9.17) is 9.26 Å². The zero-order chi connectivity index (χ0) is 22.2. The molecular weight excluding hydrogens is 394 g/mol. The Hall–Kier alpha value is -2.18. The van der Waals surface area contributed by atoms with Crippen LogP contribution in [0.5, 0.6) is 0 Å². The number of aliphatic carboxylic acids is 1. The van der Waals surface area contributed by atoms with Gasteiger partial charge in [-0.15, -0.1) is 0 Å². The maximum atomic E-state index is 11.5. The molecule has 6 nitrogen and oxygen atoms in total. The third-order valence-electron chi connectivity index (χ3n) is 6.13. The molecule has 3 atom stereocenters. The van der Waals surface area contributed by atoms with Crippen LogP contribution in [0.2, 0.25) is 0 Å². The smallest absolute Gasteiger partial charge is 0.304 e. The van der Waals surface area contributed by atoms with Crippen LogP contribution in [0.4, 0.5) is 0 Å². The second-order valence-electron chi connectivity index (χ2n) is 9.08. The minimum Gasteiger partial charge on any atom is -0.481 e. The summed E-state index contributed by atoms with van der Waals surface area (Å²) in [6.45, 7) is 5.49. The van der Waals surface area contributed by atoms with Crippen molar-refractivity contribution in [1.82, 2.24) is 5.16 Å². The van der Waals surface area contributed by atoms with E-state index in [0.717, 1.165) is 42.6 Å². The quantitative estimate of drug-likeness (QED) is 0.428. The van der Waals surface area contributed by atoms with Crippen molar-refractivity contribution in [3.63, 3.8) is 0 Å². The summed E-state index contributed by atoms with van der Waals surface area (Å²) >= 11 is 0. The predicted molar refractivity (Wildman–Crippen MR) is 118 cm³/mol. The van der Waals surface area contributed by atoms with Crippen molar-refractivity contribution in [3.8, 4) is 0 Å². The van der Waals surface area contributed by atoms with Crippen LogP contribution in [0.3, 0.4) is 0 Å². The molecule has 1 aliphatic carbocycles. The minimum absolute atomic E-state index is 0.0267. The van der Waals surface area contributed by atoms with Crippen LogP contribution in [0.15, 0.2) is 34.9 Å². The van der Waals surface area contributed by atoms with Gasteiger partial charge in [0, 0.05) is 24.0 Å². The number of carboxylic acid groups (broad SMARTS) is 1. The number of hydrogen-bond acceptors (Lipinski definition) is 5. The van der Waals surface area contributed by atoms with E-state index in [-0.39, 0.29) is 18.3 Å². The van der Waals surface area contributed by atoms with E-state index in [1.54, 1.807) is 0 Å². The largest absolute Gasteiger partial charge is 0.481 e. The Balaban J connectivity index is 1.64. The molecule has 2 aromatic rings. The lowest BCUT2D eigenvalue weighted by Crippen LogP contribution is -2.17. The third-order valence-corrected chi connectivity index (χ3v) is 6.13. The fourth-order valence-electron chi connectivity index (χ4n) is 4.43. The number of nitrogens with zero attached hydrogens (tertiary/aromatic N) is 1. The van der Waals surface area contributed by atoms with E-state index in [1.165, 1.54) is 0 Å². The molecule has 0 fully saturated rings. The molecule has 1 heterocycles. The molecule has 1 aromatic carbocycles. The highest BCUT2D eigenvalue weighted by molar-refractivity contribution is 5.68. The molecule has 1 aliphatic rings. The predicted octanol–water partition coefficient (Wildman–Crippen LogP) is 5.58. The highest BCUT2D eigenvalue weighted by atomic mass is 16.5. The number of aliphatic hydroxyl groups is 1. The molecule has 1 aromatic heterocycles. The summed E-state index contributed by atoms with van der Waals surface area (Å²) in [5, 5.41) is 24.4. The van der Waals surface area contributed by atoms with Gasteiger partial charge in [-0.05, 0) is 43.6 Å². The lowest BCUT2D eigenvalue weighted by atomic mass is 9.79. The number of carboxylic acids is 1. The first-order chi connectivity index (χ1) is 15.0. The van der Waals surface area contributed by atoms with Gasteiger partial charge in [-0.2, -0.15) is 0 Å². The molecule has 0 spiro atoms. The molecule has 3 unspecified atom stereocenters. The Bertz CT molecular complexity index is 817. The molecule has 0 radical (unpaired) electrons. The number of aromatic nitrogens is 1. The number of benzene rings is 1. The summed E-state index contributed by atoms with van der Waals surface area (Å²) in [5.41, 5.74) is 2.49. The van der Waals surface area contributed by atoms with Gasteiger partial charge in [0.15, 0.2) is 0 Å². The first-order valence-electron chi connectivity index (χ1n) is 11.5. The summed E-state index contributed by atoms with van der Waals surface area (Å²) < 4.78 is 11.5. The van der Waals surface area contributed by atoms with E-state index in [0.29, 0.717) is 37.7 Å². The molecule has 0 bridgehead atoms. The zero-order valence-electron chi connectivity index (χ0n) is 18.6. The molecule has 0 aliphatic heterocycles. The normalized spacial score (nSPS) is 19.4. The fourth-order valence-corrected chi connectivity index (χ4v) is 4.43. The molecule has 0 amide bonds. The Morgan fingerprint density at radius 3 is 2.71 bits per heavy atom.